The number of carbonyl (C=O) groups excluding carboxylic acids is 1. The third-order valence-corrected chi connectivity index (χ3v) is 3.68. The van der Waals surface area contributed by atoms with Gasteiger partial charge in [-0.15, -0.1) is 0 Å². The van der Waals surface area contributed by atoms with E-state index in [4.69, 9.17) is 0 Å². The lowest BCUT2D eigenvalue weighted by molar-refractivity contribution is -0.120. The highest BCUT2D eigenvalue weighted by Gasteiger charge is 2.23. The minimum atomic E-state index is 0.151. The summed E-state index contributed by atoms with van der Waals surface area (Å²) in [5, 5.41) is 6.25. The quantitative estimate of drug-likeness (QED) is 0.718. The highest BCUT2D eigenvalue weighted by atomic mass is 16.2. The minimum absolute atomic E-state index is 0.151. The van der Waals surface area contributed by atoms with Crippen molar-refractivity contribution in [3.05, 3.63) is 0 Å². The lowest BCUT2D eigenvalue weighted by Crippen LogP contribution is -2.45. The number of hydrogen-bond donors (Lipinski definition) is 2. The first-order valence-electron chi connectivity index (χ1n) is 7.00. The van der Waals surface area contributed by atoms with E-state index in [1.165, 1.54) is 32.4 Å². The van der Waals surface area contributed by atoms with E-state index in [-0.39, 0.29) is 5.91 Å². The minimum Gasteiger partial charge on any atom is -0.352 e. The van der Waals surface area contributed by atoms with Crippen LogP contribution < -0.4 is 10.6 Å². The molecule has 1 aliphatic heterocycles. The lowest BCUT2D eigenvalue weighted by atomic mass is 10.1. The summed E-state index contributed by atoms with van der Waals surface area (Å²) < 4.78 is 0. The van der Waals surface area contributed by atoms with E-state index >= 15 is 0 Å². The molecule has 0 radical (unpaired) electrons. The number of carbonyl (C=O) groups is 1. The Bertz CT molecular complexity index is 247. The van der Waals surface area contributed by atoms with Crippen LogP contribution in [0.1, 0.15) is 39.0 Å². The van der Waals surface area contributed by atoms with Crippen LogP contribution in [-0.2, 0) is 4.79 Å². The predicted octanol–water partition coefficient (Wildman–Crippen LogP) is 0.729. The van der Waals surface area contributed by atoms with E-state index in [1.54, 1.807) is 0 Å². The Hall–Kier alpha value is -0.610. The number of amides is 1. The van der Waals surface area contributed by atoms with Gasteiger partial charge < -0.3 is 10.6 Å². The average molecular weight is 239 g/mol. The van der Waals surface area contributed by atoms with Crippen LogP contribution in [0.5, 0.6) is 0 Å². The van der Waals surface area contributed by atoms with Gasteiger partial charge in [0.05, 0.1) is 6.54 Å². The van der Waals surface area contributed by atoms with Crippen molar-refractivity contribution in [3.8, 4) is 0 Å². The highest BCUT2D eigenvalue weighted by Crippen LogP contribution is 2.18. The topological polar surface area (TPSA) is 44.4 Å². The summed E-state index contributed by atoms with van der Waals surface area (Å²) in [4.78, 5) is 14.0. The number of likely N-dealkylation sites (tertiary alicyclic amines) is 1. The van der Waals surface area contributed by atoms with Crippen molar-refractivity contribution in [1.82, 2.24) is 15.5 Å². The fourth-order valence-electron chi connectivity index (χ4n) is 2.39. The van der Waals surface area contributed by atoms with Gasteiger partial charge in [0.25, 0.3) is 0 Å². The maximum Gasteiger partial charge on any atom is 0.234 e. The van der Waals surface area contributed by atoms with Gasteiger partial charge in [-0.3, -0.25) is 9.69 Å². The molecule has 1 amide bonds. The molecule has 1 unspecified atom stereocenters. The van der Waals surface area contributed by atoms with Crippen molar-refractivity contribution in [2.45, 2.75) is 51.1 Å². The molecule has 17 heavy (non-hydrogen) atoms. The normalized spacial score (nSPS) is 23.4. The van der Waals surface area contributed by atoms with Crippen molar-refractivity contribution >= 4 is 5.91 Å². The first kappa shape index (κ1) is 12.8. The third-order valence-electron chi connectivity index (χ3n) is 3.68. The first-order valence-corrected chi connectivity index (χ1v) is 7.00. The molecule has 1 heterocycles. The molecule has 2 fully saturated rings. The van der Waals surface area contributed by atoms with Crippen molar-refractivity contribution in [2.75, 3.05) is 26.2 Å². The van der Waals surface area contributed by atoms with Gasteiger partial charge in [-0.1, -0.05) is 6.42 Å². The van der Waals surface area contributed by atoms with Gasteiger partial charge in [-0.25, -0.2) is 0 Å². The smallest absolute Gasteiger partial charge is 0.234 e. The van der Waals surface area contributed by atoms with E-state index in [1.807, 2.05) is 0 Å². The van der Waals surface area contributed by atoms with E-state index in [0.29, 0.717) is 18.6 Å². The van der Waals surface area contributed by atoms with E-state index in [0.717, 1.165) is 19.4 Å². The number of nitrogens with one attached hydrogen (secondary N) is 2. The summed E-state index contributed by atoms with van der Waals surface area (Å²) in [5.41, 5.74) is 0. The summed E-state index contributed by atoms with van der Waals surface area (Å²) in [7, 11) is 0. The molecule has 1 aliphatic carbocycles. The Kier molecular flexibility index (Phi) is 4.80. The number of rotatable bonds is 6. The summed E-state index contributed by atoms with van der Waals surface area (Å²) in [6, 6.07) is 1.02. The highest BCUT2D eigenvalue weighted by molar-refractivity contribution is 5.78. The Balaban J connectivity index is 1.55. The molecule has 4 heteroatoms. The number of piperidine rings is 1. The SMILES string of the molecule is CC(CNCC(=O)NC1CC1)N1CCCCC1. The Morgan fingerprint density at radius 2 is 2.00 bits per heavy atom. The molecule has 1 atom stereocenters. The third kappa shape index (κ3) is 4.64. The van der Waals surface area contributed by atoms with Crippen molar-refractivity contribution in [2.24, 2.45) is 0 Å². The van der Waals surface area contributed by atoms with Gasteiger partial charge in [0.15, 0.2) is 0 Å². The first-order chi connectivity index (χ1) is 8.25. The summed E-state index contributed by atoms with van der Waals surface area (Å²) in [5.74, 6) is 0.151. The van der Waals surface area contributed by atoms with E-state index in [2.05, 4.69) is 22.5 Å². The molecule has 98 valence electrons. The molecule has 0 aromatic heterocycles. The standard InChI is InChI=1S/C13H25N3O/c1-11(16-7-3-2-4-8-16)9-14-10-13(17)15-12-5-6-12/h11-12,14H,2-10H2,1H3,(H,15,17). The van der Waals surface area contributed by atoms with Crippen LogP contribution in [0.3, 0.4) is 0 Å². The Morgan fingerprint density at radius 3 is 2.65 bits per heavy atom. The van der Waals surface area contributed by atoms with Crippen LogP contribution in [0.4, 0.5) is 0 Å². The second-order valence-electron chi connectivity index (χ2n) is 5.42. The van der Waals surface area contributed by atoms with Crippen LogP contribution in [0.25, 0.3) is 0 Å². The number of nitrogens with zero attached hydrogens (tertiary/aromatic N) is 1. The monoisotopic (exact) mass is 239 g/mol. The number of hydrogen-bond acceptors (Lipinski definition) is 3. The summed E-state index contributed by atoms with van der Waals surface area (Å²) in [6.07, 6.45) is 6.35. The molecule has 0 aromatic carbocycles. The van der Waals surface area contributed by atoms with Crippen molar-refractivity contribution in [3.63, 3.8) is 0 Å². The van der Waals surface area contributed by atoms with Crippen LogP contribution in [0.15, 0.2) is 0 Å². The zero-order valence-electron chi connectivity index (χ0n) is 10.9. The van der Waals surface area contributed by atoms with Gasteiger partial charge in [-0.2, -0.15) is 0 Å². The van der Waals surface area contributed by atoms with Crippen LogP contribution >= 0.6 is 0 Å². The van der Waals surface area contributed by atoms with Crippen LogP contribution in [0.2, 0.25) is 0 Å². The zero-order valence-corrected chi connectivity index (χ0v) is 10.9. The van der Waals surface area contributed by atoms with Gasteiger partial charge in [0.2, 0.25) is 5.91 Å². The van der Waals surface area contributed by atoms with Crippen molar-refractivity contribution in [1.29, 1.82) is 0 Å². The van der Waals surface area contributed by atoms with Gasteiger partial charge >= 0.3 is 0 Å². The Labute approximate surface area is 104 Å². The van der Waals surface area contributed by atoms with Crippen LogP contribution in [0, 0.1) is 0 Å². The lowest BCUT2D eigenvalue weighted by Gasteiger charge is -2.32. The summed E-state index contributed by atoms with van der Waals surface area (Å²) in [6.45, 7) is 6.07. The molecular formula is C13H25N3O. The van der Waals surface area contributed by atoms with Crippen LogP contribution in [-0.4, -0.2) is 49.1 Å². The molecule has 1 saturated heterocycles. The zero-order chi connectivity index (χ0) is 12.1. The van der Waals surface area contributed by atoms with E-state index in [9.17, 15) is 4.79 Å². The fourth-order valence-corrected chi connectivity index (χ4v) is 2.39. The molecule has 0 bridgehead atoms. The maximum atomic E-state index is 11.5. The molecule has 2 aliphatic rings. The van der Waals surface area contributed by atoms with Gasteiger partial charge in [-0.05, 0) is 45.7 Å². The second kappa shape index (κ2) is 6.36. The molecule has 2 rings (SSSR count). The average Bonchev–Trinajstić information content (AvgIpc) is 3.14. The van der Waals surface area contributed by atoms with Gasteiger partial charge in [0.1, 0.15) is 0 Å². The molecule has 0 aromatic rings. The molecule has 1 saturated carbocycles. The summed E-state index contributed by atoms with van der Waals surface area (Å²) >= 11 is 0. The maximum absolute atomic E-state index is 11.5. The largest absolute Gasteiger partial charge is 0.352 e. The molecule has 2 N–H and O–H groups in total. The molecule has 0 spiro atoms. The van der Waals surface area contributed by atoms with Crippen molar-refractivity contribution < 1.29 is 4.79 Å². The Morgan fingerprint density at radius 1 is 1.29 bits per heavy atom. The second-order valence-corrected chi connectivity index (χ2v) is 5.42. The predicted molar refractivity (Wildman–Crippen MR) is 68.9 cm³/mol. The van der Waals surface area contributed by atoms with E-state index < -0.39 is 0 Å². The molecule has 4 nitrogen and oxygen atoms in total. The van der Waals surface area contributed by atoms with Gasteiger partial charge in [0, 0.05) is 18.6 Å². The fraction of sp³-hybridized carbons (Fsp3) is 0.923. The molecular weight excluding hydrogens is 214 g/mol.